The number of rotatable bonds is 5. The van der Waals surface area contributed by atoms with Crippen molar-refractivity contribution >= 4 is 0 Å². The topological polar surface area (TPSA) is 40.5 Å². The van der Waals surface area contributed by atoms with Crippen LogP contribution in [0.15, 0.2) is 11.6 Å². The van der Waals surface area contributed by atoms with Crippen LogP contribution in [-0.2, 0) is 0 Å². The van der Waals surface area contributed by atoms with Crippen molar-refractivity contribution in [2.24, 2.45) is 46.3 Å². The molecule has 0 aromatic heterocycles. The quantitative estimate of drug-likeness (QED) is 0.525. The van der Waals surface area contributed by atoms with Crippen LogP contribution in [-0.4, -0.2) is 22.4 Å². The lowest BCUT2D eigenvalue weighted by molar-refractivity contribution is -0.0889. The highest BCUT2D eigenvalue weighted by Gasteiger charge is 2.59. The predicted octanol–water partition coefficient (Wildman–Crippen LogP) is 6.36. The van der Waals surface area contributed by atoms with Crippen molar-refractivity contribution in [3.63, 3.8) is 0 Å². The molecule has 2 nitrogen and oxygen atoms in total. The smallest absolute Gasteiger partial charge is 0.0836 e. The van der Waals surface area contributed by atoms with Crippen LogP contribution in [0.1, 0.15) is 98.8 Å². The van der Waals surface area contributed by atoms with Gasteiger partial charge in [0, 0.05) is 0 Å². The fourth-order valence-corrected chi connectivity index (χ4v) is 8.71. The van der Waals surface area contributed by atoms with Gasteiger partial charge >= 0.3 is 0 Å². The summed E-state index contributed by atoms with van der Waals surface area (Å²) in [4.78, 5) is 0. The third kappa shape index (κ3) is 3.65. The van der Waals surface area contributed by atoms with Crippen molar-refractivity contribution in [3.05, 3.63) is 11.6 Å². The van der Waals surface area contributed by atoms with Crippen LogP contribution in [0.2, 0.25) is 0 Å². The first kappa shape index (κ1) is 21.9. The maximum atomic E-state index is 10.5. The van der Waals surface area contributed by atoms with Gasteiger partial charge in [0.2, 0.25) is 0 Å². The molecule has 29 heavy (non-hydrogen) atoms. The molecule has 2 N–H and O–H groups in total. The number of hydrogen-bond acceptors (Lipinski definition) is 2. The molecule has 0 aromatic rings. The molecule has 1 unspecified atom stereocenters. The average Bonchev–Trinajstić information content (AvgIpc) is 3.00. The fraction of sp³-hybridized carbons (Fsp3) is 0.926. The van der Waals surface area contributed by atoms with E-state index in [9.17, 15) is 10.2 Å². The molecule has 0 bridgehead atoms. The highest BCUT2D eigenvalue weighted by molar-refractivity contribution is 5.26. The van der Waals surface area contributed by atoms with E-state index in [1.165, 1.54) is 56.9 Å². The molecule has 2 heteroatoms. The molecule has 9 atom stereocenters. The lowest BCUT2D eigenvalue weighted by Gasteiger charge is -2.59. The molecule has 0 radical (unpaired) electrons. The molecule has 3 fully saturated rings. The zero-order chi connectivity index (χ0) is 21.0. The third-order valence-corrected chi connectivity index (χ3v) is 10.3. The summed E-state index contributed by atoms with van der Waals surface area (Å²) in [6.45, 7) is 12.3. The summed E-state index contributed by atoms with van der Waals surface area (Å²) in [7, 11) is 0. The van der Waals surface area contributed by atoms with Crippen molar-refractivity contribution in [1.82, 2.24) is 0 Å². The minimum atomic E-state index is -0.553. The van der Waals surface area contributed by atoms with Crippen molar-refractivity contribution < 1.29 is 10.2 Å². The molecule has 0 heterocycles. The Hall–Kier alpha value is -0.340. The molecule has 4 aliphatic carbocycles. The number of allylic oxidation sites excluding steroid dienone is 1. The second-order valence-corrected chi connectivity index (χ2v) is 12.3. The molecule has 4 rings (SSSR count). The van der Waals surface area contributed by atoms with Crippen LogP contribution in [0.4, 0.5) is 0 Å². The number of hydrogen-bond donors (Lipinski definition) is 2. The summed E-state index contributed by atoms with van der Waals surface area (Å²) < 4.78 is 0. The molecular weight excluding hydrogens is 356 g/mol. The number of fused-ring (bicyclic) bond motifs is 5. The van der Waals surface area contributed by atoms with Crippen LogP contribution in [0.25, 0.3) is 0 Å². The first-order chi connectivity index (χ1) is 13.7. The van der Waals surface area contributed by atoms with Gasteiger partial charge in [-0.15, -0.1) is 0 Å². The van der Waals surface area contributed by atoms with Crippen molar-refractivity contribution in [2.75, 3.05) is 0 Å². The Morgan fingerprint density at radius 2 is 1.76 bits per heavy atom. The Kier molecular flexibility index (Phi) is 6.01. The zero-order valence-corrected chi connectivity index (χ0v) is 19.7. The van der Waals surface area contributed by atoms with E-state index in [1.54, 1.807) is 0 Å². The highest BCUT2D eigenvalue weighted by atomic mass is 16.3. The van der Waals surface area contributed by atoms with Gasteiger partial charge in [-0.3, -0.25) is 0 Å². The summed E-state index contributed by atoms with van der Waals surface area (Å²) >= 11 is 0. The van der Waals surface area contributed by atoms with Crippen LogP contribution in [0, 0.1) is 46.3 Å². The van der Waals surface area contributed by atoms with Crippen molar-refractivity contribution in [2.45, 2.75) is 111 Å². The van der Waals surface area contributed by atoms with E-state index in [-0.39, 0.29) is 5.41 Å². The molecule has 3 saturated carbocycles. The summed E-state index contributed by atoms with van der Waals surface area (Å²) in [5.74, 6) is 4.95. The largest absolute Gasteiger partial charge is 0.390 e. The van der Waals surface area contributed by atoms with Gasteiger partial charge in [0.05, 0.1) is 12.2 Å². The maximum absolute atomic E-state index is 10.5. The van der Waals surface area contributed by atoms with Gasteiger partial charge in [0.25, 0.3) is 0 Å². The Morgan fingerprint density at radius 1 is 1.00 bits per heavy atom. The normalized spacial score (nSPS) is 47.9. The Balaban J connectivity index is 1.50. The second-order valence-electron chi connectivity index (χ2n) is 12.3. The van der Waals surface area contributed by atoms with E-state index in [1.807, 2.05) is 0 Å². The number of aliphatic hydroxyl groups is 2. The van der Waals surface area contributed by atoms with E-state index < -0.39 is 12.2 Å². The van der Waals surface area contributed by atoms with Gasteiger partial charge in [-0.2, -0.15) is 0 Å². The maximum Gasteiger partial charge on any atom is 0.0836 e. The van der Waals surface area contributed by atoms with Crippen LogP contribution >= 0.6 is 0 Å². The first-order valence-corrected chi connectivity index (χ1v) is 12.7. The van der Waals surface area contributed by atoms with E-state index in [0.29, 0.717) is 17.8 Å². The summed E-state index contributed by atoms with van der Waals surface area (Å²) in [6, 6.07) is 0. The van der Waals surface area contributed by atoms with Gasteiger partial charge in [-0.1, -0.05) is 65.5 Å². The van der Waals surface area contributed by atoms with Gasteiger partial charge in [-0.25, -0.2) is 0 Å². The second kappa shape index (κ2) is 7.97. The van der Waals surface area contributed by atoms with Gasteiger partial charge in [-0.05, 0) is 91.3 Å². The molecule has 0 spiro atoms. The van der Waals surface area contributed by atoms with E-state index in [0.717, 1.165) is 36.0 Å². The Morgan fingerprint density at radius 3 is 2.48 bits per heavy atom. The van der Waals surface area contributed by atoms with Crippen LogP contribution in [0.3, 0.4) is 0 Å². The molecule has 0 aromatic carbocycles. The minimum Gasteiger partial charge on any atom is -0.390 e. The van der Waals surface area contributed by atoms with Crippen LogP contribution < -0.4 is 0 Å². The standard InChI is InChI=1S/C27H46O2/c1-17(2)7-6-8-18(3)21-11-12-22-20-10-9-19-15-24(28)25(29)16-27(19,5)23(20)13-14-26(21,22)4/h9,17-18,20-25,28-29H,6-8,10-16H2,1-5H3/t18-,20+,21-,22+,23+,24+,25?,26-,27+/m1/s1. The molecule has 0 saturated heterocycles. The Labute approximate surface area is 179 Å². The summed E-state index contributed by atoms with van der Waals surface area (Å²) in [6.07, 6.45) is 13.8. The van der Waals surface area contributed by atoms with Gasteiger partial charge in [0.15, 0.2) is 0 Å². The average molecular weight is 403 g/mol. The van der Waals surface area contributed by atoms with E-state index in [4.69, 9.17) is 0 Å². The monoisotopic (exact) mass is 402 g/mol. The van der Waals surface area contributed by atoms with Gasteiger partial charge < -0.3 is 10.2 Å². The fourth-order valence-electron chi connectivity index (χ4n) is 8.71. The minimum absolute atomic E-state index is 0.115. The third-order valence-electron chi connectivity index (χ3n) is 10.3. The van der Waals surface area contributed by atoms with Gasteiger partial charge in [0.1, 0.15) is 0 Å². The lowest BCUT2D eigenvalue weighted by Crippen LogP contribution is -2.53. The van der Waals surface area contributed by atoms with Crippen molar-refractivity contribution in [3.8, 4) is 0 Å². The SMILES string of the molecule is CC(C)CCC[C@@H](C)[C@H]1CC[C@H]2[C@@H]3CC=C4C[C@H](O)C(O)C[C@]4(C)[C@H]3CC[C@]12C. The summed E-state index contributed by atoms with van der Waals surface area (Å²) in [5.41, 5.74) is 2.09. The Bertz CT molecular complexity index is 624. The molecule has 4 aliphatic rings. The van der Waals surface area contributed by atoms with E-state index in [2.05, 4.69) is 40.7 Å². The predicted molar refractivity (Wildman–Crippen MR) is 120 cm³/mol. The summed E-state index contributed by atoms with van der Waals surface area (Å²) in [5, 5.41) is 20.7. The van der Waals surface area contributed by atoms with Crippen LogP contribution in [0.5, 0.6) is 0 Å². The molecule has 0 amide bonds. The molecular formula is C27H46O2. The molecule has 0 aliphatic heterocycles. The first-order valence-electron chi connectivity index (χ1n) is 12.7. The van der Waals surface area contributed by atoms with E-state index >= 15 is 0 Å². The zero-order valence-electron chi connectivity index (χ0n) is 19.7. The van der Waals surface area contributed by atoms with Crippen molar-refractivity contribution in [1.29, 1.82) is 0 Å². The number of aliphatic hydroxyl groups excluding tert-OH is 2. The highest BCUT2D eigenvalue weighted by Crippen LogP contribution is 2.67. The lowest BCUT2D eigenvalue weighted by atomic mass is 9.46. The molecule has 166 valence electrons.